The van der Waals surface area contributed by atoms with Gasteiger partial charge >= 0.3 is 12.0 Å². The van der Waals surface area contributed by atoms with E-state index in [0.717, 1.165) is 65.0 Å². The molecule has 9 nitrogen and oxygen atoms in total. The lowest BCUT2D eigenvalue weighted by atomic mass is 9.98. The molecule has 4 aromatic rings. The van der Waals surface area contributed by atoms with Crippen molar-refractivity contribution in [3.8, 4) is 11.1 Å². The number of unbranched alkanes of at least 4 members (excludes halogenated alkanes) is 10. The first kappa shape index (κ1) is 47.5. The van der Waals surface area contributed by atoms with Crippen LogP contribution < -0.4 is 10.6 Å². The molecule has 0 aliphatic carbocycles. The molecule has 0 bridgehead atoms. The van der Waals surface area contributed by atoms with E-state index in [4.69, 9.17) is 14.2 Å². The molecule has 9 heteroatoms. The average Bonchev–Trinajstić information content (AvgIpc) is 3.30. The van der Waals surface area contributed by atoms with Crippen LogP contribution in [0.25, 0.3) is 11.1 Å². The smallest absolute Gasteiger partial charge is 0.328 e. The zero-order valence-corrected chi connectivity index (χ0v) is 37.0. The molecule has 0 unspecified atom stereocenters. The number of urea groups is 1. The molecular formula is C52H71N3O6. The molecule has 1 heterocycles. The van der Waals surface area contributed by atoms with Gasteiger partial charge in [-0.25, -0.2) is 9.59 Å². The van der Waals surface area contributed by atoms with Gasteiger partial charge in [-0.05, 0) is 71.4 Å². The number of carbonyl (C=O) groups is 2. The summed E-state index contributed by atoms with van der Waals surface area (Å²) in [5, 5.41) is 15.4. The highest BCUT2D eigenvalue weighted by Gasteiger charge is 2.33. The highest BCUT2D eigenvalue weighted by molar-refractivity contribution is 5.83. The zero-order valence-electron chi connectivity index (χ0n) is 37.0. The number of amides is 2. The van der Waals surface area contributed by atoms with Crippen molar-refractivity contribution in [3.05, 3.63) is 131 Å². The van der Waals surface area contributed by atoms with Gasteiger partial charge < -0.3 is 34.9 Å². The Morgan fingerprint density at radius 1 is 0.705 bits per heavy atom. The van der Waals surface area contributed by atoms with Crippen molar-refractivity contribution in [2.45, 2.75) is 141 Å². The third-order valence-electron chi connectivity index (χ3n) is 11.7. The largest absolute Gasteiger partial charge is 0.467 e. The van der Waals surface area contributed by atoms with Gasteiger partial charge in [-0.3, -0.25) is 0 Å². The molecule has 4 aromatic carbocycles. The van der Waals surface area contributed by atoms with Gasteiger partial charge in [-0.15, -0.1) is 0 Å². The van der Waals surface area contributed by atoms with Crippen LogP contribution in [0.15, 0.2) is 103 Å². The van der Waals surface area contributed by atoms with Gasteiger partial charge in [-0.2, -0.15) is 0 Å². The molecule has 2 amide bonds. The van der Waals surface area contributed by atoms with Crippen LogP contribution in [0.4, 0.5) is 4.79 Å². The Labute approximate surface area is 365 Å². The van der Waals surface area contributed by atoms with Gasteiger partial charge in [-0.1, -0.05) is 169 Å². The van der Waals surface area contributed by atoms with Crippen molar-refractivity contribution < 1.29 is 28.9 Å². The van der Waals surface area contributed by atoms with Gasteiger partial charge in [0.1, 0.15) is 6.04 Å². The second-order valence-corrected chi connectivity index (χ2v) is 16.6. The molecule has 1 saturated heterocycles. The van der Waals surface area contributed by atoms with E-state index in [-0.39, 0.29) is 25.4 Å². The summed E-state index contributed by atoms with van der Waals surface area (Å²) in [6.45, 7) is 7.87. The number of nitrogens with one attached hydrogen (secondary N) is 2. The fraction of sp³-hybridized carbons (Fsp3) is 0.500. The summed E-state index contributed by atoms with van der Waals surface area (Å²) in [4.78, 5) is 28.1. The van der Waals surface area contributed by atoms with Crippen molar-refractivity contribution in [3.63, 3.8) is 0 Å². The monoisotopic (exact) mass is 834 g/mol. The number of aliphatic hydroxyl groups is 1. The van der Waals surface area contributed by atoms with Crippen LogP contribution in [-0.4, -0.2) is 60.9 Å². The van der Waals surface area contributed by atoms with E-state index in [2.05, 4.69) is 71.8 Å². The van der Waals surface area contributed by atoms with Crippen LogP contribution in [0, 0.1) is 0 Å². The van der Waals surface area contributed by atoms with Gasteiger partial charge in [0.15, 0.2) is 6.29 Å². The molecule has 61 heavy (non-hydrogen) atoms. The Hall–Kier alpha value is -4.54. The Bertz CT molecular complexity index is 1840. The van der Waals surface area contributed by atoms with Gasteiger partial charge in [0.05, 0.1) is 25.9 Å². The van der Waals surface area contributed by atoms with E-state index in [1.807, 2.05) is 60.7 Å². The summed E-state index contributed by atoms with van der Waals surface area (Å²) in [5.74, 6) is -0.497. The van der Waals surface area contributed by atoms with Crippen molar-refractivity contribution in [1.82, 2.24) is 15.5 Å². The summed E-state index contributed by atoms with van der Waals surface area (Å²) >= 11 is 0. The predicted octanol–water partition coefficient (Wildman–Crippen LogP) is 11.0. The maximum Gasteiger partial charge on any atom is 0.328 e. The third-order valence-corrected chi connectivity index (χ3v) is 11.7. The van der Waals surface area contributed by atoms with Crippen LogP contribution in [0.2, 0.25) is 0 Å². The maximum absolute atomic E-state index is 13.0. The van der Waals surface area contributed by atoms with E-state index in [1.54, 1.807) is 0 Å². The molecule has 5 rings (SSSR count). The highest BCUT2D eigenvalue weighted by atomic mass is 16.7. The molecule has 1 aliphatic rings. The lowest BCUT2D eigenvalue weighted by Gasteiger charge is -2.38. The molecule has 0 saturated carbocycles. The van der Waals surface area contributed by atoms with Crippen LogP contribution in [0.5, 0.6) is 0 Å². The first-order valence-corrected chi connectivity index (χ1v) is 23.0. The molecular weight excluding hydrogens is 763 g/mol. The fourth-order valence-electron chi connectivity index (χ4n) is 8.15. The SMILES string of the molecule is CCCCCCCCN(CCCCCCCC)C[C@H]1C[C@@H](c2ccc(CO)cc2)O[C@@H](c2cccc(-c3cccc(CNC(=O)N[C@@H](Cc4ccccc4)C(=O)OC)c3)c2)O1. The van der Waals surface area contributed by atoms with E-state index in [1.165, 1.54) is 84.2 Å². The molecule has 0 spiro atoms. The summed E-state index contributed by atoms with van der Waals surface area (Å²) in [6, 6.07) is 32.9. The van der Waals surface area contributed by atoms with Gasteiger partial charge in [0, 0.05) is 31.5 Å². The number of rotatable bonds is 26. The standard InChI is InChI=1S/C52H71N3O6/c1-4-6-8-10-12-17-31-55(32-18-13-11-9-7-5-2)38-47-36-49(43-29-27-41(39-56)28-30-43)61-51(60-47)46-26-20-25-45(35-46)44-24-19-23-42(33-44)37-53-52(58)54-48(50(57)59-3)34-40-21-15-14-16-22-40/h14-16,19-30,33,35,47-49,51,56H,4-13,17-18,31-32,34,36-39H2,1-3H3,(H2,53,54,58)/t47-,48+,49+,51+/m1/s1. The summed E-state index contributed by atoms with van der Waals surface area (Å²) in [7, 11) is 1.32. The minimum absolute atomic E-state index is 0.00782. The molecule has 4 atom stereocenters. The molecule has 0 radical (unpaired) electrons. The van der Waals surface area contributed by atoms with Crippen LogP contribution in [0.1, 0.15) is 138 Å². The average molecular weight is 834 g/mol. The number of esters is 1. The first-order valence-electron chi connectivity index (χ1n) is 23.0. The number of ether oxygens (including phenoxy) is 3. The minimum atomic E-state index is -0.812. The maximum atomic E-state index is 13.0. The number of nitrogens with zero attached hydrogens (tertiary/aromatic N) is 1. The molecule has 0 aromatic heterocycles. The Morgan fingerprint density at radius 2 is 1.33 bits per heavy atom. The Morgan fingerprint density at radius 3 is 1.98 bits per heavy atom. The summed E-state index contributed by atoms with van der Waals surface area (Å²) < 4.78 is 18.7. The molecule has 1 aliphatic heterocycles. The van der Waals surface area contributed by atoms with Crippen molar-refractivity contribution in [1.29, 1.82) is 0 Å². The number of aliphatic hydroxyl groups excluding tert-OH is 1. The number of carbonyl (C=O) groups excluding carboxylic acids is 2. The van der Waals surface area contributed by atoms with Crippen LogP contribution in [0.3, 0.4) is 0 Å². The van der Waals surface area contributed by atoms with Crippen LogP contribution in [-0.2, 0) is 38.6 Å². The van der Waals surface area contributed by atoms with Gasteiger partial charge in [0.25, 0.3) is 0 Å². The number of hydrogen-bond acceptors (Lipinski definition) is 7. The van der Waals surface area contributed by atoms with E-state index < -0.39 is 24.3 Å². The van der Waals surface area contributed by atoms with E-state index in [0.29, 0.717) is 6.42 Å². The van der Waals surface area contributed by atoms with E-state index in [9.17, 15) is 14.7 Å². The number of hydrogen-bond donors (Lipinski definition) is 3. The lowest BCUT2D eigenvalue weighted by Crippen LogP contribution is -2.47. The van der Waals surface area contributed by atoms with E-state index >= 15 is 0 Å². The predicted molar refractivity (Wildman–Crippen MR) is 245 cm³/mol. The summed E-state index contributed by atoms with van der Waals surface area (Å²) in [6.07, 6.45) is 15.7. The Balaban J connectivity index is 1.28. The van der Waals surface area contributed by atoms with Crippen molar-refractivity contribution in [2.24, 2.45) is 0 Å². The summed E-state index contributed by atoms with van der Waals surface area (Å²) in [5.41, 5.74) is 6.79. The zero-order chi connectivity index (χ0) is 43.1. The third kappa shape index (κ3) is 16.4. The topological polar surface area (TPSA) is 109 Å². The Kier molecular flexibility index (Phi) is 20.8. The quantitative estimate of drug-likeness (QED) is 0.0427. The van der Waals surface area contributed by atoms with Crippen molar-refractivity contribution in [2.75, 3.05) is 26.7 Å². The minimum Gasteiger partial charge on any atom is -0.467 e. The molecule has 1 fully saturated rings. The second kappa shape index (κ2) is 26.7. The number of methoxy groups -OCH3 is 1. The lowest BCUT2D eigenvalue weighted by molar-refractivity contribution is -0.253. The molecule has 330 valence electrons. The van der Waals surface area contributed by atoms with Gasteiger partial charge in [0.2, 0.25) is 0 Å². The highest BCUT2D eigenvalue weighted by Crippen LogP contribution is 2.39. The number of benzene rings is 4. The molecule has 3 N–H and O–H groups in total. The normalized spacial score (nSPS) is 16.9. The second-order valence-electron chi connectivity index (χ2n) is 16.6. The first-order chi connectivity index (χ1) is 29.9. The van der Waals surface area contributed by atoms with Crippen molar-refractivity contribution >= 4 is 12.0 Å². The fourth-order valence-corrected chi connectivity index (χ4v) is 8.15. The van der Waals surface area contributed by atoms with Crippen LogP contribution >= 0.6 is 0 Å².